The Morgan fingerprint density at radius 1 is 1.21 bits per heavy atom. The van der Waals surface area contributed by atoms with E-state index in [1.165, 1.54) is 0 Å². The molecule has 150 valence electrons. The van der Waals surface area contributed by atoms with Crippen molar-refractivity contribution in [3.63, 3.8) is 0 Å². The summed E-state index contributed by atoms with van der Waals surface area (Å²) in [5.74, 6) is 1.20. The van der Waals surface area contributed by atoms with E-state index in [-0.39, 0.29) is 5.91 Å². The van der Waals surface area contributed by atoms with E-state index in [1.807, 2.05) is 24.3 Å². The van der Waals surface area contributed by atoms with Gasteiger partial charge < -0.3 is 14.2 Å². The number of rotatable bonds is 4. The minimum atomic E-state index is -0.642. The van der Waals surface area contributed by atoms with Crippen LogP contribution < -0.4 is 4.74 Å². The third-order valence-electron chi connectivity index (χ3n) is 4.81. The van der Waals surface area contributed by atoms with Gasteiger partial charge in [-0.2, -0.15) is 0 Å². The molecule has 29 heavy (non-hydrogen) atoms. The maximum atomic E-state index is 12.9. The number of carbonyl (C=O) groups is 1. The van der Waals surface area contributed by atoms with Crippen LogP contribution in [-0.2, 0) is 17.8 Å². The summed E-state index contributed by atoms with van der Waals surface area (Å²) in [6, 6.07) is 12.6. The van der Waals surface area contributed by atoms with Gasteiger partial charge in [0.15, 0.2) is 11.9 Å². The third-order valence-corrected chi connectivity index (χ3v) is 5.91. The molecule has 1 amide bonds. The van der Waals surface area contributed by atoms with E-state index in [2.05, 4.69) is 21.1 Å². The quantitative estimate of drug-likeness (QED) is 0.461. The maximum Gasteiger partial charge on any atom is 0.263 e. The van der Waals surface area contributed by atoms with Crippen LogP contribution >= 0.6 is 39.1 Å². The second-order valence-corrected chi connectivity index (χ2v) is 8.52. The zero-order chi connectivity index (χ0) is 20.5. The molecule has 5 nitrogen and oxygen atoms in total. The molecule has 1 aliphatic rings. The Hall–Kier alpha value is -2.02. The fourth-order valence-corrected chi connectivity index (χ4v) is 4.22. The molecule has 2 heterocycles. The van der Waals surface area contributed by atoms with Crippen molar-refractivity contribution in [2.24, 2.45) is 0 Å². The van der Waals surface area contributed by atoms with Crippen LogP contribution in [0, 0.1) is 0 Å². The molecular formula is C21H17BrCl2N2O3. The number of fused-ring (bicyclic) bond motifs is 1. The van der Waals surface area contributed by atoms with Crippen LogP contribution in [0.25, 0.3) is 11.3 Å². The maximum absolute atomic E-state index is 12.9. The standard InChI is InChI=1S/C21H17BrCl2N2O3/c1-12(28-19-7-6-15(24)10-17(19)22)21(27)26-9-8-16-18(11-26)25-29-20(16)13-2-4-14(23)5-3-13/h2-7,10,12H,8-9,11H2,1H3. The minimum absolute atomic E-state index is 0.103. The molecule has 1 atom stereocenters. The first-order valence-electron chi connectivity index (χ1n) is 9.06. The fourth-order valence-electron chi connectivity index (χ4n) is 3.32. The van der Waals surface area contributed by atoms with Gasteiger partial charge in [0.1, 0.15) is 11.4 Å². The van der Waals surface area contributed by atoms with Gasteiger partial charge in [0.25, 0.3) is 5.91 Å². The number of hydrogen-bond acceptors (Lipinski definition) is 4. The van der Waals surface area contributed by atoms with Crippen LogP contribution in [0.1, 0.15) is 18.2 Å². The number of benzene rings is 2. The van der Waals surface area contributed by atoms with Gasteiger partial charge in [-0.15, -0.1) is 0 Å². The Bertz CT molecular complexity index is 1050. The lowest BCUT2D eigenvalue weighted by Gasteiger charge is -2.28. The van der Waals surface area contributed by atoms with Crippen LogP contribution in [-0.4, -0.2) is 28.6 Å². The summed E-state index contributed by atoms with van der Waals surface area (Å²) in [6.07, 6.45) is 0.0246. The second-order valence-electron chi connectivity index (χ2n) is 6.79. The Morgan fingerprint density at radius 2 is 1.93 bits per heavy atom. The summed E-state index contributed by atoms with van der Waals surface area (Å²) in [4.78, 5) is 14.6. The Balaban J connectivity index is 1.47. The van der Waals surface area contributed by atoms with Gasteiger partial charge >= 0.3 is 0 Å². The third kappa shape index (κ3) is 4.29. The van der Waals surface area contributed by atoms with Crippen LogP contribution in [0.15, 0.2) is 51.5 Å². The zero-order valence-corrected chi connectivity index (χ0v) is 18.6. The average Bonchev–Trinajstić information content (AvgIpc) is 3.13. The number of hydrogen-bond donors (Lipinski definition) is 0. The van der Waals surface area contributed by atoms with Crippen molar-refractivity contribution in [1.29, 1.82) is 0 Å². The van der Waals surface area contributed by atoms with E-state index >= 15 is 0 Å². The topological polar surface area (TPSA) is 55.6 Å². The van der Waals surface area contributed by atoms with E-state index in [1.54, 1.807) is 30.0 Å². The first kappa shape index (κ1) is 20.3. The van der Waals surface area contributed by atoms with Gasteiger partial charge in [-0.1, -0.05) is 28.4 Å². The summed E-state index contributed by atoms with van der Waals surface area (Å²) < 4.78 is 12.1. The van der Waals surface area contributed by atoms with Crippen LogP contribution in [0.2, 0.25) is 10.0 Å². The summed E-state index contributed by atoms with van der Waals surface area (Å²) in [5.41, 5.74) is 2.73. The number of nitrogens with zero attached hydrogens (tertiary/aromatic N) is 2. The van der Waals surface area contributed by atoms with Crippen molar-refractivity contribution in [1.82, 2.24) is 10.1 Å². The highest BCUT2D eigenvalue weighted by Crippen LogP contribution is 2.32. The molecule has 0 spiro atoms. The zero-order valence-electron chi connectivity index (χ0n) is 15.5. The van der Waals surface area contributed by atoms with Crippen LogP contribution in [0.5, 0.6) is 5.75 Å². The molecule has 0 saturated carbocycles. The Kier molecular flexibility index (Phi) is 5.86. The summed E-state index contributed by atoms with van der Waals surface area (Å²) in [6.45, 7) is 2.70. The van der Waals surface area contributed by atoms with Crippen molar-refractivity contribution in [3.8, 4) is 17.1 Å². The second kappa shape index (κ2) is 8.38. The van der Waals surface area contributed by atoms with Crippen molar-refractivity contribution < 1.29 is 14.1 Å². The normalized spacial score (nSPS) is 14.4. The van der Waals surface area contributed by atoms with E-state index in [0.717, 1.165) is 22.6 Å². The highest BCUT2D eigenvalue weighted by Gasteiger charge is 2.30. The first-order chi connectivity index (χ1) is 13.9. The SMILES string of the molecule is CC(Oc1ccc(Cl)cc1Br)C(=O)N1CCc2c(noc2-c2ccc(Cl)cc2)C1. The molecule has 1 aliphatic heterocycles. The lowest BCUT2D eigenvalue weighted by atomic mass is 10.0. The minimum Gasteiger partial charge on any atom is -0.480 e. The molecule has 0 N–H and O–H groups in total. The van der Waals surface area contributed by atoms with Crippen molar-refractivity contribution in [3.05, 3.63) is 68.2 Å². The van der Waals surface area contributed by atoms with E-state index < -0.39 is 6.10 Å². The Morgan fingerprint density at radius 3 is 2.66 bits per heavy atom. The Labute approximate surface area is 186 Å². The lowest BCUT2D eigenvalue weighted by molar-refractivity contribution is -0.139. The molecule has 1 unspecified atom stereocenters. The number of halogens is 3. The van der Waals surface area contributed by atoms with Gasteiger partial charge in [-0.05, 0) is 71.7 Å². The molecule has 0 fully saturated rings. The number of carbonyl (C=O) groups excluding carboxylic acids is 1. The van der Waals surface area contributed by atoms with Crippen LogP contribution in [0.4, 0.5) is 0 Å². The fraction of sp³-hybridized carbons (Fsp3) is 0.238. The lowest BCUT2D eigenvalue weighted by Crippen LogP contribution is -2.43. The summed E-state index contributed by atoms with van der Waals surface area (Å²) >= 11 is 15.3. The molecule has 0 saturated heterocycles. The molecule has 3 aromatic rings. The van der Waals surface area contributed by atoms with Gasteiger partial charge in [0, 0.05) is 27.7 Å². The highest BCUT2D eigenvalue weighted by molar-refractivity contribution is 9.10. The van der Waals surface area contributed by atoms with Crippen molar-refractivity contribution in [2.45, 2.75) is 26.0 Å². The molecule has 2 aromatic carbocycles. The molecular weight excluding hydrogens is 479 g/mol. The number of aromatic nitrogens is 1. The average molecular weight is 496 g/mol. The summed E-state index contributed by atoms with van der Waals surface area (Å²) in [5, 5.41) is 5.45. The molecule has 0 radical (unpaired) electrons. The van der Waals surface area contributed by atoms with Gasteiger partial charge in [-0.25, -0.2) is 0 Å². The summed E-state index contributed by atoms with van der Waals surface area (Å²) in [7, 11) is 0. The molecule has 0 aliphatic carbocycles. The predicted octanol–water partition coefficient (Wildman–Crippen LogP) is 5.76. The smallest absolute Gasteiger partial charge is 0.263 e. The van der Waals surface area contributed by atoms with E-state index in [9.17, 15) is 4.79 Å². The molecule has 4 rings (SSSR count). The highest BCUT2D eigenvalue weighted by atomic mass is 79.9. The van der Waals surface area contributed by atoms with Gasteiger partial charge in [0.05, 0.1) is 11.0 Å². The van der Waals surface area contributed by atoms with E-state index in [4.69, 9.17) is 32.5 Å². The van der Waals surface area contributed by atoms with Gasteiger partial charge in [0.2, 0.25) is 0 Å². The van der Waals surface area contributed by atoms with E-state index in [0.29, 0.717) is 39.8 Å². The first-order valence-corrected chi connectivity index (χ1v) is 10.6. The van der Waals surface area contributed by atoms with Gasteiger partial charge in [-0.3, -0.25) is 4.79 Å². The molecule has 1 aromatic heterocycles. The van der Waals surface area contributed by atoms with Crippen LogP contribution in [0.3, 0.4) is 0 Å². The molecule has 0 bridgehead atoms. The number of ether oxygens (including phenoxy) is 1. The monoisotopic (exact) mass is 494 g/mol. The largest absolute Gasteiger partial charge is 0.480 e. The van der Waals surface area contributed by atoms with Crippen molar-refractivity contribution >= 4 is 45.0 Å². The molecule has 8 heteroatoms. The predicted molar refractivity (Wildman–Crippen MR) is 115 cm³/mol. The van der Waals surface area contributed by atoms with Crippen molar-refractivity contribution in [2.75, 3.05) is 6.54 Å². The number of amides is 1.